The van der Waals surface area contributed by atoms with Crippen LogP contribution in [0.3, 0.4) is 0 Å². The third-order valence-corrected chi connectivity index (χ3v) is 2.48. The average Bonchev–Trinajstić information content (AvgIpc) is 2.03. The van der Waals surface area contributed by atoms with Crippen LogP contribution in [0.4, 0.5) is 4.39 Å². The standard InChI is InChI=1S/C8H6Br2FN/c1-5(4-9)6-2-3-7(10)12-8(6)11/h2-3H,1,4H2. The highest BCUT2D eigenvalue weighted by molar-refractivity contribution is 9.10. The Kier molecular flexibility index (Phi) is 3.40. The lowest BCUT2D eigenvalue weighted by molar-refractivity contribution is 0.577. The summed E-state index contributed by atoms with van der Waals surface area (Å²) in [6, 6.07) is 3.34. The quantitative estimate of drug-likeness (QED) is 0.602. The normalized spacial score (nSPS) is 9.92. The second-order valence-electron chi connectivity index (χ2n) is 2.21. The highest BCUT2D eigenvalue weighted by Gasteiger charge is 2.06. The molecule has 0 amide bonds. The second-order valence-corrected chi connectivity index (χ2v) is 3.58. The molecule has 0 atom stereocenters. The Bertz CT molecular complexity index is 312. The maximum absolute atomic E-state index is 13.1. The maximum Gasteiger partial charge on any atom is 0.221 e. The Hall–Kier alpha value is -0.220. The smallest absolute Gasteiger partial charge is 0.212 e. The van der Waals surface area contributed by atoms with Gasteiger partial charge in [-0.1, -0.05) is 22.5 Å². The zero-order chi connectivity index (χ0) is 9.14. The van der Waals surface area contributed by atoms with Gasteiger partial charge in [-0.25, -0.2) is 4.98 Å². The zero-order valence-corrected chi connectivity index (χ0v) is 9.32. The predicted molar refractivity (Wildman–Crippen MR) is 54.7 cm³/mol. The van der Waals surface area contributed by atoms with E-state index in [4.69, 9.17) is 0 Å². The molecule has 0 fully saturated rings. The second kappa shape index (κ2) is 4.14. The largest absolute Gasteiger partial charge is 0.221 e. The maximum atomic E-state index is 13.1. The molecule has 4 heteroatoms. The first kappa shape index (κ1) is 9.86. The Morgan fingerprint density at radius 1 is 1.58 bits per heavy atom. The predicted octanol–water partition coefficient (Wildman–Crippen LogP) is 3.39. The van der Waals surface area contributed by atoms with Crippen molar-refractivity contribution in [2.45, 2.75) is 0 Å². The van der Waals surface area contributed by atoms with Crippen molar-refractivity contribution in [3.8, 4) is 0 Å². The monoisotopic (exact) mass is 293 g/mol. The summed E-state index contributed by atoms with van der Waals surface area (Å²) in [6.45, 7) is 3.69. The molecule has 12 heavy (non-hydrogen) atoms. The molecule has 0 spiro atoms. The third kappa shape index (κ3) is 2.14. The molecule has 0 aliphatic heterocycles. The highest BCUT2D eigenvalue weighted by atomic mass is 79.9. The summed E-state index contributed by atoms with van der Waals surface area (Å²) in [5.41, 5.74) is 1.14. The van der Waals surface area contributed by atoms with E-state index in [1.165, 1.54) is 0 Å². The van der Waals surface area contributed by atoms with Crippen LogP contribution in [0, 0.1) is 5.95 Å². The molecule has 0 aliphatic carbocycles. The first-order valence-corrected chi connectivity index (χ1v) is 5.12. The Morgan fingerprint density at radius 2 is 2.25 bits per heavy atom. The van der Waals surface area contributed by atoms with Gasteiger partial charge in [-0.05, 0) is 33.6 Å². The van der Waals surface area contributed by atoms with Crippen LogP contribution >= 0.6 is 31.9 Å². The SMILES string of the molecule is C=C(CBr)c1ccc(Br)nc1F. The van der Waals surface area contributed by atoms with Crippen molar-refractivity contribution < 1.29 is 4.39 Å². The molecule has 0 saturated heterocycles. The molecule has 64 valence electrons. The van der Waals surface area contributed by atoms with E-state index in [9.17, 15) is 4.39 Å². The van der Waals surface area contributed by atoms with Gasteiger partial charge in [0.05, 0.1) is 0 Å². The molecule has 1 heterocycles. The number of rotatable bonds is 2. The summed E-state index contributed by atoms with van der Waals surface area (Å²) in [4.78, 5) is 3.61. The minimum Gasteiger partial charge on any atom is -0.212 e. The van der Waals surface area contributed by atoms with E-state index in [0.29, 0.717) is 21.1 Å². The van der Waals surface area contributed by atoms with Crippen molar-refractivity contribution in [3.05, 3.63) is 34.8 Å². The Balaban J connectivity index is 3.09. The fraction of sp³-hybridized carbons (Fsp3) is 0.125. The van der Waals surface area contributed by atoms with Crippen LogP contribution < -0.4 is 0 Å². The molecule has 0 aromatic carbocycles. The van der Waals surface area contributed by atoms with Crippen molar-refractivity contribution in [1.82, 2.24) is 4.98 Å². The molecular formula is C8H6Br2FN. The van der Waals surface area contributed by atoms with Gasteiger partial charge < -0.3 is 0 Å². The van der Waals surface area contributed by atoms with Gasteiger partial charge in [-0.3, -0.25) is 0 Å². The number of hydrogen-bond acceptors (Lipinski definition) is 1. The fourth-order valence-corrected chi connectivity index (χ4v) is 1.34. The minimum atomic E-state index is -0.492. The summed E-state index contributed by atoms with van der Waals surface area (Å²) in [6.07, 6.45) is 0. The average molecular weight is 295 g/mol. The first-order valence-electron chi connectivity index (χ1n) is 3.21. The van der Waals surface area contributed by atoms with E-state index >= 15 is 0 Å². The van der Waals surface area contributed by atoms with Crippen molar-refractivity contribution >= 4 is 37.4 Å². The molecule has 1 nitrogen and oxygen atoms in total. The van der Waals surface area contributed by atoms with E-state index in [2.05, 4.69) is 43.4 Å². The van der Waals surface area contributed by atoms with E-state index in [-0.39, 0.29) is 0 Å². The molecule has 0 unspecified atom stereocenters. The van der Waals surface area contributed by atoms with Crippen molar-refractivity contribution in [2.24, 2.45) is 0 Å². The van der Waals surface area contributed by atoms with Crippen LogP contribution in [0.15, 0.2) is 23.3 Å². The fourth-order valence-electron chi connectivity index (χ4n) is 0.748. The van der Waals surface area contributed by atoms with E-state index < -0.39 is 5.95 Å². The topological polar surface area (TPSA) is 12.9 Å². The summed E-state index contributed by atoms with van der Waals surface area (Å²) < 4.78 is 13.6. The van der Waals surface area contributed by atoms with Crippen molar-refractivity contribution in [3.63, 3.8) is 0 Å². The van der Waals surface area contributed by atoms with Gasteiger partial charge in [0.1, 0.15) is 4.60 Å². The van der Waals surface area contributed by atoms with Crippen LogP contribution in [-0.2, 0) is 0 Å². The summed E-state index contributed by atoms with van der Waals surface area (Å²) in [7, 11) is 0. The molecule has 0 saturated carbocycles. The number of nitrogens with zero attached hydrogens (tertiary/aromatic N) is 1. The van der Waals surface area contributed by atoms with Gasteiger partial charge >= 0.3 is 0 Å². The van der Waals surface area contributed by atoms with Crippen LogP contribution in [-0.4, -0.2) is 10.3 Å². The molecule has 0 aliphatic rings. The lowest BCUT2D eigenvalue weighted by atomic mass is 10.1. The molecular weight excluding hydrogens is 289 g/mol. The first-order chi connectivity index (χ1) is 5.65. The van der Waals surface area contributed by atoms with E-state index in [1.807, 2.05) is 0 Å². The molecule has 0 bridgehead atoms. The Morgan fingerprint density at radius 3 is 2.75 bits per heavy atom. The number of hydrogen-bond donors (Lipinski definition) is 0. The van der Waals surface area contributed by atoms with Gasteiger partial charge in [0.15, 0.2) is 0 Å². The summed E-state index contributed by atoms with van der Waals surface area (Å²) in [5, 5.41) is 0.549. The summed E-state index contributed by atoms with van der Waals surface area (Å²) >= 11 is 6.27. The minimum absolute atomic E-state index is 0.454. The molecule has 1 aromatic heterocycles. The number of allylic oxidation sites excluding steroid dienone is 1. The zero-order valence-electron chi connectivity index (χ0n) is 6.15. The number of pyridine rings is 1. The number of aromatic nitrogens is 1. The van der Waals surface area contributed by atoms with Gasteiger partial charge in [-0.2, -0.15) is 4.39 Å². The van der Waals surface area contributed by atoms with Crippen LogP contribution in [0.5, 0.6) is 0 Å². The molecule has 1 aromatic rings. The number of alkyl halides is 1. The van der Waals surface area contributed by atoms with E-state index in [1.54, 1.807) is 12.1 Å². The number of halogens is 3. The Labute approximate surface area is 87.0 Å². The summed E-state index contributed by atoms with van der Waals surface area (Å²) in [5.74, 6) is -0.492. The lowest BCUT2D eigenvalue weighted by Gasteiger charge is -2.02. The lowest BCUT2D eigenvalue weighted by Crippen LogP contribution is -1.93. The van der Waals surface area contributed by atoms with Crippen LogP contribution in [0.2, 0.25) is 0 Å². The highest BCUT2D eigenvalue weighted by Crippen LogP contribution is 2.19. The van der Waals surface area contributed by atoms with E-state index in [0.717, 1.165) is 0 Å². The third-order valence-electron chi connectivity index (χ3n) is 1.36. The van der Waals surface area contributed by atoms with Crippen LogP contribution in [0.25, 0.3) is 5.57 Å². The van der Waals surface area contributed by atoms with Gasteiger partial charge in [0, 0.05) is 10.9 Å². The van der Waals surface area contributed by atoms with Crippen LogP contribution in [0.1, 0.15) is 5.56 Å². The molecule has 1 rings (SSSR count). The van der Waals surface area contributed by atoms with Crippen molar-refractivity contribution in [1.29, 1.82) is 0 Å². The van der Waals surface area contributed by atoms with Gasteiger partial charge in [0.2, 0.25) is 5.95 Å². The molecule has 0 N–H and O–H groups in total. The van der Waals surface area contributed by atoms with Gasteiger partial charge in [0.25, 0.3) is 0 Å². The molecule has 0 radical (unpaired) electrons. The van der Waals surface area contributed by atoms with Gasteiger partial charge in [-0.15, -0.1) is 0 Å². The van der Waals surface area contributed by atoms with Crippen molar-refractivity contribution in [2.75, 3.05) is 5.33 Å².